The minimum absolute atomic E-state index is 0.0107. The maximum Gasteiger partial charge on any atom is 0.309 e. The van der Waals surface area contributed by atoms with Gasteiger partial charge in [0.1, 0.15) is 12.9 Å². The molecule has 0 radical (unpaired) electrons. The third-order valence-corrected chi connectivity index (χ3v) is 4.59. The van der Waals surface area contributed by atoms with Crippen LogP contribution in [0.1, 0.15) is 38.7 Å². The Labute approximate surface area is 120 Å². The predicted octanol–water partition coefficient (Wildman–Crippen LogP) is 3.37. The second kappa shape index (κ2) is 6.21. The first-order valence-electron chi connectivity index (χ1n) is 7.22. The lowest BCUT2D eigenvalue weighted by molar-refractivity contribution is -0.153. The molecule has 2 rings (SSSR count). The Balaban J connectivity index is 1.95. The maximum absolute atomic E-state index is 12.3. The van der Waals surface area contributed by atoms with Gasteiger partial charge in [-0.1, -0.05) is 44.2 Å². The van der Waals surface area contributed by atoms with Crippen LogP contribution in [0.2, 0.25) is 0 Å². The summed E-state index contributed by atoms with van der Waals surface area (Å²) in [5.74, 6) is 0.206. The second-order valence-corrected chi connectivity index (χ2v) is 6.00. The number of rotatable bonds is 7. The number of hydrogen-bond donors (Lipinski definition) is 0. The molecule has 0 saturated heterocycles. The van der Waals surface area contributed by atoms with E-state index in [0.717, 1.165) is 18.3 Å². The van der Waals surface area contributed by atoms with Crippen LogP contribution >= 0.6 is 0 Å². The highest BCUT2D eigenvalue weighted by molar-refractivity contribution is 5.74. The molecule has 20 heavy (non-hydrogen) atoms. The normalized spacial score (nSPS) is 25.8. The Kier molecular flexibility index (Phi) is 4.58. The Morgan fingerprint density at radius 1 is 1.45 bits per heavy atom. The molecule has 3 unspecified atom stereocenters. The molecule has 0 N–H and O–H groups in total. The van der Waals surface area contributed by atoms with Crippen LogP contribution in [0.25, 0.3) is 0 Å². The molecule has 1 fully saturated rings. The highest BCUT2D eigenvalue weighted by Crippen LogP contribution is 2.58. The van der Waals surface area contributed by atoms with Gasteiger partial charge in [-0.25, -0.2) is 0 Å². The van der Waals surface area contributed by atoms with Crippen molar-refractivity contribution in [2.24, 2.45) is 17.3 Å². The average Bonchev–Trinajstić information content (AvgIpc) is 3.06. The van der Waals surface area contributed by atoms with E-state index in [1.165, 1.54) is 0 Å². The van der Waals surface area contributed by atoms with Gasteiger partial charge in [0.05, 0.1) is 5.92 Å². The third-order valence-electron chi connectivity index (χ3n) is 4.59. The van der Waals surface area contributed by atoms with Crippen molar-refractivity contribution in [1.82, 2.24) is 0 Å². The predicted molar refractivity (Wildman–Crippen MR) is 76.9 cm³/mol. The number of carbonyl (C=O) groups is 2. The van der Waals surface area contributed by atoms with Crippen molar-refractivity contribution in [3.63, 3.8) is 0 Å². The van der Waals surface area contributed by atoms with Crippen molar-refractivity contribution < 1.29 is 14.3 Å². The van der Waals surface area contributed by atoms with Crippen molar-refractivity contribution in [2.75, 3.05) is 0 Å². The van der Waals surface area contributed by atoms with Gasteiger partial charge in [0.25, 0.3) is 0 Å². The molecule has 0 aliphatic heterocycles. The number of hydrogen-bond acceptors (Lipinski definition) is 3. The standard InChI is InChI=1S/C17H22O3/c1-13-11-17(13,2)15(9-6-10-18)16(19)20-12-14-7-4-3-5-8-14/h3-5,7-8,10,13,15H,6,9,11-12H2,1-2H3. The summed E-state index contributed by atoms with van der Waals surface area (Å²) in [5, 5.41) is 0. The zero-order valence-corrected chi connectivity index (χ0v) is 12.2. The molecule has 0 bridgehead atoms. The molecule has 1 aromatic rings. The lowest BCUT2D eigenvalue weighted by atomic mass is 9.85. The topological polar surface area (TPSA) is 43.4 Å². The van der Waals surface area contributed by atoms with Crippen molar-refractivity contribution >= 4 is 12.3 Å². The fourth-order valence-corrected chi connectivity index (χ4v) is 2.87. The van der Waals surface area contributed by atoms with Gasteiger partial charge in [0.2, 0.25) is 0 Å². The third kappa shape index (κ3) is 3.27. The van der Waals surface area contributed by atoms with Crippen LogP contribution in [-0.2, 0) is 20.9 Å². The van der Waals surface area contributed by atoms with Crippen molar-refractivity contribution in [3.8, 4) is 0 Å². The zero-order chi connectivity index (χ0) is 14.6. The Morgan fingerprint density at radius 2 is 2.10 bits per heavy atom. The highest BCUT2D eigenvalue weighted by Gasteiger charge is 2.55. The molecular weight excluding hydrogens is 252 g/mol. The van der Waals surface area contributed by atoms with Crippen LogP contribution in [0.15, 0.2) is 30.3 Å². The number of aldehydes is 1. The van der Waals surface area contributed by atoms with E-state index in [2.05, 4.69) is 13.8 Å². The van der Waals surface area contributed by atoms with Gasteiger partial charge in [0.15, 0.2) is 0 Å². The molecule has 3 atom stereocenters. The first-order chi connectivity index (χ1) is 9.58. The average molecular weight is 274 g/mol. The fourth-order valence-electron chi connectivity index (χ4n) is 2.87. The molecule has 3 nitrogen and oxygen atoms in total. The summed E-state index contributed by atoms with van der Waals surface area (Å²) in [6, 6.07) is 9.67. The molecule has 0 amide bonds. The monoisotopic (exact) mass is 274 g/mol. The minimum atomic E-state index is -0.164. The van der Waals surface area contributed by atoms with Crippen LogP contribution in [0, 0.1) is 17.3 Å². The number of carbonyl (C=O) groups excluding carboxylic acids is 2. The zero-order valence-electron chi connectivity index (χ0n) is 12.2. The molecule has 1 saturated carbocycles. The lowest BCUT2D eigenvalue weighted by Crippen LogP contribution is -2.26. The van der Waals surface area contributed by atoms with Gasteiger partial charge >= 0.3 is 5.97 Å². The molecule has 3 heteroatoms. The molecular formula is C17H22O3. The van der Waals surface area contributed by atoms with Crippen LogP contribution in [0.5, 0.6) is 0 Å². The van der Waals surface area contributed by atoms with E-state index in [4.69, 9.17) is 4.74 Å². The lowest BCUT2D eigenvalue weighted by Gasteiger charge is -2.22. The molecule has 1 aromatic carbocycles. The highest BCUT2D eigenvalue weighted by atomic mass is 16.5. The van der Waals surface area contributed by atoms with E-state index >= 15 is 0 Å². The first kappa shape index (κ1) is 14.8. The number of benzene rings is 1. The quantitative estimate of drug-likeness (QED) is 0.565. The minimum Gasteiger partial charge on any atom is -0.461 e. The molecule has 108 valence electrons. The van der Waals surface area contributed by atoms with E-state index in [0.29, 0.717) is 25.4 Å². The SMILES string of the molecule is CC1CC1(C)C(CCC=O)C(=O)OCc1ccccc1. The summed E-state index contributed by atoms with van der Waals surface area (Å²) in [4.78, 5) is 22.9. The van der Waals surface area contributed by atoms with Crippen molar-refractivity contribution in [2.45, 2.75) is 39.7 Å². The molecule has 1 aliphatic rings. The van der Waals surface area contributed by atoms with Gasteiger partial charge in [-0.3, -0.25) is 4.79 Å². The Morgan fingerprint density at radius 3 is 2.65 bits per heavy atom. The summed E-state index contributed by atoms with van der Waals surface area (Å²) in [7, 11) is 0. The van der Waals surface area contributed by atoms with E-state index < -0.39 is 0 Å². The van der Waals surface area contributed by atoms with Crippen LogP contribution in [0.3, 0.4) is 0 Å². The summed E-state index contributed by atoms with van der Waals surface area (Å²) in [5.41, 5.74) is 1.00. The van der Waals surface area contributed by atoms with Crippen LogP contribution < -0.4 is 0 Å². The van der Waals surface area contributed by atoms with Gasteiger partial charge in [-0.15, -0.1) is 0 Å². The van der Waals surface area contributed by atoms with Crippen LogP contribution in [0.4, 0.5) is 0 Å². The number of ether oxygens (including phenoxy) is 1. The Hall–Kier alpha value is -1.64. The molecule has 1 aliphatic carbocycles. The summed E-state index contributed by atoms with van der Waals surface area (Å²) < 4.78 is 5.45. The summed E-state index contributed by atoms with van der Waals surface area (Å²) in [6.45, 7) is 4.58. The smallest absolute Gasteiger partial charge is 0.309 e. The van der Waals surface area contributed by atoms with Gasteiger partial charge < -0.3 is 9.53 Å². The van der Waals surface area contributed by atoms with E-state index in [1.807, 2.05) is 30.3 Å². The van der Waals surface area contributed by atoms with E-state index in [-0.39, 0.29) is 17.3 Å². The van der Waals surface area contributed by atoms with E-state index in [9.17, 15) is 9.59 Å². The van der Waals surface area contributed by atoms with Crippen molar-refractivity contribution in [3.05, 3.63) is 35.9 Å². The summed E-state index contributed by atoms with van der Waals surface area (Å²) in [6.07, 6.45) is 2.94. The molecule has 0 aromatic heterocycles. The van der Waals surface area contributed by atoms with Gasteiger partial charge in [-0.2, -0.15) is 0 Å². The van der Waals surface area contributed by atoms with Gasteiger partial charge in [-0.05, 0) is 29.7 Å². The van der Waals surface area contributed by atoms with Crippen LogP contribution in [-0.4, -0.2) is 12.3 Å². The number of esters is 1. The van der Waals surface area contributed by atoms with Crippen molar-refractivity contribution in [1.29, 1.82) is 0 Å². The van der Waals surface area contributed by atoms with E-state index in [1.54, 1.807) is 0 Å². The second-order valence-electron chi connectivity index (χ2n) is 6.00. The Bertz CT molecular complexity index is 468. The molecule has 0 heterocycles. The largest absolute Gasteiger partial charge is 0.461 e. The first-order valence-corrected chi connectivity index (χ1v) is 7.22. The maximum atomic E-state index is 12.3. The molecule has 0 spiro atoms. The van der Waals surface area contributed by atoms with Gasteiger partial charge in [0, 0.05) is 6.42 Å². The fraction of sp³-hybridized carbons (Fsp3) is 0.529. The summed E-state index contributed by atoms with van der Waals surface area (Å²) >= 11 is 0.